The fraction of sp³-hybridized carbons (Fsp3) is 0.185. The zero-order valence-corrected chi connectivity index (χ0v) is 19.7. The molecule has 3 aromatic carbocycles. The van der Waals surface area contributed by atoms with Crippen molar-refractivity contribution in [3.63, 3.8) is 0 Å². The number of phenolic OH excluding ortho intramolecular Hbond substituents is 1. The van der Waals surface area contributed by atoms with Gasteiger partial charge in [0.05, 0.1) is 31.4 Å². The number of aromatic hydroxyl groups is 1. The molecule has 0 aromatic heterocycles. The van der Waals surface area contributed by atoms with E-state index < -0.39 is 35.2 Å². The number of hydrogen-bond donors (Lipinski definition) is 2. The Balaban J connectivity index is 1.90. The van der Waals surface area contributed by atoms with E-state index in [0.29, 0.717) is 5.56 Å². The summed E-state index contributed by atoms with van der Waals surface area (Å²) in [6.07, 6.45) is -4.60. The van der Waals surface area contributed by atoms with Crippen LogP contribution < -0.4 is 9.47 Å². The number of benzene rings is 3. The molecule has 37 heavy (non-hydrogen) atoms. The van der Waals surface area contributed by atoms with Crippen LogP contribution in [0.25, 0.3) is 5.76 Å². The molecule has 2 N–H and O–H groups in total. The number of carbonyl (C=O) groups excluding carboxylic acids is 2. The minimum atomic E-state index is -4.60. The number of phenols is 1. The van der Waals surface area contributed by atoms with E-state index in [1.807, 2.05) is 0 Å². The summed E-state index contributed by atoms with van der Waals surface area (Å²) in [5, 5.41) is 21.1. The fourth-order valence-corrected chi connectivity index (χ4v) is 4.31. The van der Waals surface area contributed by atoms with Gasteiger partial charge in [0.15, 0.2) is 0 Å². The molecule has 1 saturated heterocycles. The van der Waals surface area contributed by atoms with Crippen molar-refractivity contribution in [2.45, 2.75) is 18.8 Å². The van der Waals surface area contributed by atoms with Crippen molar-refractivity contribution in [1.82, 2.24) is 4.90 Å². The summed E-state index contributed by atoms with van der Waals surface area (Å²) >= 11 is 0. The molecule has 4 rings (SSSR count). The van der Waals surface area contributed by atoms with Crippen molar-refractivity contribution < 1.29 is 42.4 Å². The summed E-state index contributed by atoms with van der Waals surface area (Å²) in [5.41, 5.74) is -0.685. The molecular formula is C27H22F3NO6. The molecule has 1 aliphatic rings. The number of halogens is 3. The molecule has 10 heteroatoms. The molecule has 0 spiro atoms. The number of nitrogens with zero attached hydrogens (tertiary/aromatic N) is 1. The number of hydrogen-bond acceptors (Lipinski definition) is 6. The lowest BCUT2D eigenvalue weighted by Gasteiger charge is -2.26. The second-order valence-corrected chi connectivity index (χ2v) is 8.25. The highest BCUT2D eigenvalue weighted by molar-refractivity contribution is 6.46. The number of alkyl halides is 3. The number of aliphatic hydroxyl groups excluding tert-OH is 1. The van der Waals surface area contributed by atoms with Gasteiger partial charge in [0.25, 0.3) is 11.7 Å². The number of Topliss-reactive ketones (excluding diaryl/α,β-unsaturated/α-hetero) is 1. The third kappa shape index (κ3) is 4.82. The van der Waals surface area contributed by atoms with E-state index in [-0.39, 0.29) is 40.5 Å². The van der Waals surface area contributed by atoms with Crippen LogP contribution in [0.1, 0.15) is 28.3 Å². The first-order valence-electron chi connectivity index (χ1n) is 11.0. The molecule has 1 aliphatic heterocycles. The second-order valence-electron chi connectivity index (χ2n) is 8.25. The number of carbonyl (C=O) groups is 2. The molecule has 0 aliphatic carbocycles. The van der Waals surface area contributed by atoms with Gasteiger partial charge in [-0.1, -0.05) is 30.3 Å². The van der Waals surface area contributed by atoms with E-state index in [9.17, 15) is 33.0 Å². The van der Waals surface area contributed by atoms with Crippen LogP contribution in [0.2, 0.25) is 0 Å². The van der Waals surface area contributed by atoms with Crippen LogP contribution in [0, 0.1) is 0 Å². The van der Waals surface area contributed by atoms with Crippen LogP contribution >= 0.6 is 0 Å². The molecule has 1 atom stereocenters. The maximum Gasteiger partial charge on any atom is 0.416 e. The van der Waals surface area contributed by atoms with Crippen molar-refractivity contribution in [2.75, 3.05) is 14.2 Å². The minimum absolute atomic E-state index is 0.0355. The lowest BCUT2D eigenvalue weighted by Crippen LogP contribution is -2.29. The standard InChI is InChI=1S/C27H22F3NO6/c1-36-19-7-4-8-20(37-2)21(19)24(33)22-23(16-9-11-18(32)12-10-16)31(26(35)25(22)34)14-15-5-3-6-17(13-15)27(28,29)30/h3-13,23,32-33H,14H2,1-2H3/b24-22+. The van der Waals surface area contributed by atoms with Crippen LogP contribution in [0.3, 0.4) is 0 Å². The lowest BCUT2D eigenvalue weighted by atomic mass is 9.94. The topological polar surface area (TPSA) is 96.3 Å². The molecule has 1 unspecified atom stereocenters. The van der Waals surface area contributed by atoms with Crippen molar-refractivity contribution in [2.24, 2.45) is 0 Å². The van der Waals surface area contributed by atoms with E-state index >= 15 is 0 Å². The molecule has 1 heterocycles. The summed E-state index contributed by atoms with van der Waals surface area (Å²) in [6, 6.07) is 13.5. The maximum absolute atomic E-state index is 13.3. The fourth-order valence-electron chi connectivity index (χ4n) is 4.31. The molecule has 0 bridgehead atoms. The molecule has 7 nitrogen and oxygen atoms in total. The first-order valence-corrected chi connectivity index (χ1v) is 11.0. The largest absolute Gasteiger partial charge is 0.508 e. The van der Waals surface area contributed by atoms with Crippen molar-refractivity contribution in [1.29, 1.82) is 0 Å². The van der Waals surface area contributed by atoms with E-state index in [1.54, 1.807) is 6.07 Å². The SMILES string of the molecule is COc1cccc(OC)c1/C(O)=C1\C(=O)C(=O)N(Cc2cccc(C(F)(F)F)c2)C1c1ccc(O)cc1. The Labute approximate surface area is 210 Å². The zero-order chi connectivity index (χ0) is 26.9. The first-order chi connectivity index (χ1) is 17.6. The Kier molecular flexibility index (Phi) is 6.84. The van der Waals surface area contributed by atoms with Gasteiger partial charge in [0.2, 0.25) is 0 Å². The monoisotopic (exact) mass is 513 g/mol. The molecule has 3 aromatic rings. The van der Waals surface area contributed by atoms with Crippen LogP contribution in [-0.2, 0) is 22.3 Å². The van der Waals surface area contributed by atoms with Gasteiger partial charge in [0.1, 0.15) is 28.6 Å². The number of amides is 1. The maximum atomic E-state index is 13.3. The van der Waals surface area contributed by atoms with Gasteiger partial charge in [-0.2, -0.15) is 13.2 Å². The van der Waals surface area contributed by atoms with Gasteiger partial charge in [-0.3, -0.25) is 9.59 Å². The minimum Gasteiger partial charge on any atom is -0.508 e. The Hall–Kier alpha value is -4.47. The van der Waals surface area contributed by atoms with Gasteiger partial charge in [-0.25, -0.2) is 0 Å². The highest BCUT2D eigenvalue weighted by atomic mass is 19.4. The van der Waals surface area contributed by atoms with E-state index in [1.165, 1.54) is 62.8 Å². The molecule has 0 saturated carbocycles. The normalized spacial score (nSPS) is 17.2. The van der Waals surface area contributed by atoms with Crippen LogP contribution in [-0.4, -0.2) is 41.0 Å². The smallest absolute Gasteiger partial charge is 0.416 e. The van der Waals surface area contributed by atoms with Crippen molar-refractivity contribution in [3.8, 4) is 17.2 Å². The van der Waals surface area contributed by atoms with Crippen LogP contribution in [0.4, 0.5) is 13.2 Å². The number of ether oxygens (including phenoxy) is 2. The number of ketones is 1. The Morgan fingerprint density at radius 1 is 0.946 bits per heavy atom. The molecule has 1 amide bonds. The van der Waals surface area contributed by atoms with Crippen LogP contribution in [0.15, 0.2) is 72.3 Å². The molecular weight excluding hydrogens is 491 g/mol. The number of methoxy groups -OCH3 is 2. The second kappa shape index (κ2) is 9.88. The molecule has 0 radical (unpaired) electrons. The lowest BCUT2D eigenvalue weighted by molar-refractivity contribution is -0.140. The van der Waals surface area contributed by atoms with Crippen molar-refractivity contribution in [3.05, 3.63) is 94.6 Å². The molecule has 1 fully saturated rings. The van der Waals surface area contributed by atoms with Gasteiger partial charge >= 0.3 is 6.18 Å². The third-order valence-corrected chi connectivity index (χ3v) is 6.02. The third-order valence-electron chi connectivity index (χ3n) is 6.02. The Morgan fingerprint density at radius 2 is 1.54 bits per heavy atom. The number of aliphatic hydroxyl groups is 1. The first kappa shape index (κ1) is 25.6. The summed E-state index contributed by atoms with van der Waals surface area (Å²) in [5.74, 6) is -2.35. The summed E-state index contributed by atoms with van der Waals surface area (Å²) in [7, 11) is 2.71. The summed E-state index contributed by atoms with van der Waals surface area (Å²) in [4.78, 5) is 27.6. The van der Waals surface area contributed by atoms with Gasteiger partial charge in [0, 0.05) is 6.54 Å². The zero-order valence-electron chi connectivity index (χ0n) is 19.7. The quantitative estimate of drug-likeness (QED) is 0.272. The average molecular weight is 513 g/mol. The average Bonchev–Trinajstić information content (AvgIpc) is 3.12. The highest BCUT2D eigenvalue weighted by Gasteiger charge is 2.46. The number of rotatable bonds is 6. The summed E-state index contributed by atoms with van der Waals surface area (Å²) in [6.45, 7) is -0.347. The highest BCUT2D eigenvalue weighted by Crippen LogP contribution is 2.44. The van der Waals surface area contributed by atoms with E-state index in [4.69, 9.17) is 9.47 Å². The van der Waals surface area contributed by atoms with Gasteiger partial charge in [-0.15, -0.1) is 0 Å². The van der Waals surface area contributed by atoms with Crippen LogP contribution in [0.5, 0.6) is 17.2 Å². The summed E-state index contributed by atoms with van der Waals surface area (Å²) < 4.78 is 50.5. The van der Waals surface area contributed by atoms with E-state index in [0.717, 1.165) is 17.0 Å². The predicted octanol–water partition coefficient (Wildman–Crippen LogP) is 5.05. The molecule has 192 valence electrons. The number of likely N-dealkylation sites (tertiary alicyclic amines) is 1. The Bertz CT molecular complexity index is 1360. The van der Waals surface area contributed by atoms with Crippen molar-refractivity contribution >= 4 is 17.4 Å². The van der Waals surface area contributed by atoms with Gasteiger partial charge in [-0.05, 0) is 47.5 Å². The predicted molar refractivity (Wildman–Crippen MR) is 127 cm³/mol. The van der Waals surface area contributed by atoms with E-state index in [2.05, 4.69) is 0 Å². The Morgan fingerprint density at radius 3 is 2.11 bits per heavy atom. The van der Waals surface area contributed by atoms with Gasteiger partial charge < -0.3 is 24.6 Å².